The van der Waals surface area contributed by atoms with E-state index in [1.54, 1.807) is 0 Å². The van der Waals surface area contributed by atoms with Crippen molar-refractivity contribution in [2.45, 2.75) is 6.92 Å². The molecule has 0 aliphatic carbocycles. The van der Waals surface area contributed by atoms with Crippen molar-refractivity contribution in [3.8, 4) is 67.5 Å². The van der Waals surface area contributed by atoms with E-state index in [1.165, 1.54) is 16.3 Å². The minimum absolute atomic E-state index is 0.635. The van der Waals surface area contributed by atoms with Gasteiger partial charge in [0.05, 0.1) is 0 Å². The summed E-state index contributed by atoms with van der Waals surface area (Å²) in [6.45, 7) is 2.01. The van der Waals surface area contributed by atoms with Gasteiger partial charge < -0.3 is 5.73 Å². The van der Waals surface area contributed by atoms with Crippen LogP contribution in [0.5, 0.6) is 0 Å². The lowest BCUT2D eigenvalue weighted by Crippen LogP contribution is -2.00. The van der Waals surface area contributed by atoms with Gasteiger partial charge in [0.15, 0.2) is 17.5 Å². The molecule has 4 heteroatoms. The lowest BCUT2D eigenvalue weighted by atomic mass is 9.88. The molecule has 1 aromatic heterocycles. The first-order valence-corrected chi connectivity index (χ1v) is 16.8. The van der Waals surface area contributed by atoms with E-state index in [4.69, 9.17) is 20.7 Å². The van der Waals surface area contributed by atoms with Crippen molar-refractivity contribution in [1.82, 2.24) is 15.0 Å². The quantitative estimate of drug-likeness (QED) is 0.176. The molecule has 0 amide bonds. The Kier molecular flexibility index (Phi) is 8.26. The second-order valence-electron chi connectivity index (χ2n) is 12.2. The van der Waals surface area contributed by atoms with E-state index in [0.29, 0.717) is 17.5 Å². The van der Waals surface area contributed by atoms with Gasteiger partial charge in [-0.2, -0.15) is 0 Å². The third-order valence-corrected chi connectivity index (χ3v) is 9.05. The molecule has 0 saturated heterocycles. The molecule has 2 N–H and O–H groups in total. The van der Waals surface area contributed by atoms with Crippen LogP contribution in [0.25, 0.3) is 84.4 Å². The van der Waals surface area contributed by atoms with Gasteiger partial charge in [0.25, 0.3) is 0 Å². The maximum absolute atomic E-state index is 6.58. The Balaban J connectivity index is 1.21. The van der Waals surface area contributed by atoms with Crippen molar-refractivity contribution in [2.24, 2.45) is 0 Å². The molecule has 0 fully saturated rings. The zero-order valence-corrected chi connectivity index (χ0v) is 27.7. The van der Waals surface area contributed by atoms with Crippen LogP contribution < -0.4 is 5.73 Å². The predicted molar refractivity (Wildman–Crippen MR) is 209 cm³/mol. The third-order valence-electron chi connectivity index (χ3n) is 9.05. The van der Waals surface area contributed by atoms with Crippen molar-refractivity contribution < 1.29 is 0 Å². The van der Waals surface area contributed by atoms with Crippen molar-refractivity contribution >= 4 is 22.5 Å². The number of hydrogen-bond donors (Lipinski definition) is 1. The van der Waals surface area contributed by atoms with E-state index in [-0.39, 0.29) is 0 Å². The number of fused-ring (bicyclic) bond motifs is 1. The first-order chi connectivity index (χ1) is 24.7. The highest BCUT2D eigenvalue weighted by Crippen LogP contribution is 2.40. The molecule has 4 nitrogen and oxygen atoms in total. The van der Waals surface area contributed by atoms with Crippen LogP contribution in [0.2, 0.25) is 0 Å². The summed E-state index contributed by atoms with van der Waals surface area (Å²) in [5, 5.41) is 2.39. The molecule has 0 saturated carbocycles. The second kappa shape index (κ2) is 13.5. The van der Waals surface area contributed by atoms with Gasteiger partial charge in [-0.05, 0) is 51.1 Å². The average Bonchev–Trinajstić information content (AvgIpc) is 3.19. The number of benzene rings is 7. The first kappa shape index (κ1) is 30.7. The Bertz CT molecular complexity index is 2410. The fourth-order valence-corrected chi connectivity index (χ4v) is 6.54. The summed E-state index contributed by atoms with van der Waals surface area (Å²) in [4.78, 5) is 14.7. The fourth-order valence-electron chi connectivity index (χ4n) is 6.54. The predicted octanol–water partition coefficient (Wildman–Crippen LogP) is 11.6. The highest BCUT2D eigenvalue weighted by molar-refractivity contribution is 6.04. The van der Waals surface area contributed by atoms with Crippen molar-refractivity contribution in [1.29, 1.82) is 0 Å². The standard InChI is InChI=1S/C46H34N4/c1-2-12-35-18-11-20-41(43(35)47)33-23-21-32(22-24-33)40-30-29-31-13-9-10-19-39(31)42(40)34-25-27-38(28-26-34)46-49-44(36-14-5-3-6-15-36)48-45(50-46)37-16-7-4-8-17-37/h2-30H,47H2,1H3/b12-2-. The Morgan fingerprint density at radius 2 is 0.920 bits per heavy atom. The van der Waals surface area contributed by atoms with E-state index in [0.717, 1.165) is 55.8 Å². The summed E-state index contributed by atoms with van der Waals surface area (Å²) in [7, 11) is 0. The Morgan fingerprint density at radius 1 is 0.420 bits per heavy atom. The monoisotopic (exact) mass is 642 g/mol. The summed E-state index contributed by atoms with van der Waals surface area (Å²) in [6.07, 6.45) is 4.06. The van der Waals surface area contributed by atoms with Gasteiger partial charge in [-0.25, -0.2) is 15.0 Å². The van der Waals surface area contributed by atoms with Crippen LogP contribution in [0.1, 0.15) is 12.5 Å². The van der Waals surface area contributed by atoms with Crippen LogP contribution in [0, 0.1) is 0 Å². The van der Waals surface area contributed by atoms with Crippen molar-refractivity contribution in [3.63, 3.8) is 0 Å². The molecule has 238 valence electrons. The molecule has 8 rings (SSSR count). The SMILES string of the molecule is C/C=C\c1cccc(-c2ccc(-c3ccc4ccccc4c3-c3ccc(-c4nc(-c5ccccc5)nc(-c5ccccc5)n4)cc3)cc2)c1N. The van der Waals surface area contributed by atoms with E-state index >= 15 is 0 Å². The van der Waals surface area contributed by atoms with Gasteiger partial charge in [0.2, 0.25) is 0 Å². The van der Waals surface area contributed by atoms with E-state index < -0.39 is 0 Å². The van der Waals surface area contributed by atoms with Gasteiger partial charge in [0.1, 0.15) is 0 Å². The molecule has 0 atom stereocenters. The number of nitrogen functional groups attached to an aromatic ring is 1. The Morgan fingerprint density at radius 3 is 1.52 bits per heavy atom. The number of nitrogens with zero attached hydrogens (tertiary/aromatic N) is 3. The third kappa shape index (κ3) is 5.95. The van der Waals surface area contributed by atoms with Crippen LogP contribution in [-0.4, -0.2) is 15.0 Å². The Labute approximate surface area is 292 Å². The van der Waals surface area contributed by atoms with Gasteiger partial charge in [0, 0.05) is 27.9 Å². The summed E-state index contributed by atoms with van der Waals surface area (Å²) in [5.74, 6) is 1.93. The van der Waals surface area contributed by atoms with Crippen LogP contribution in [-0.2, 0) is 0 Å². The lowest BCUT2D eigenvalue weighted by Gasteiger charge is -2.16. The van der Waals surface area contributed by atoms with Gasteiger partial charge >= 0.3 is 0 Å². The van der Waals surface area contributed by atoms with E-state index in [1.807, 2.05) is 85.8 Å². The molecular formula is C46H34N4. The molecule has 8 aromatic rings. The van der Waals surface area contributed by atoms with Crippen LogP contribution in [0.15, 0.2) is 170 Å². The molecular weight excluding hydrogens is 609 g/mol. The van der Waals surface area contributed by atoms with Gasteiger partial charge in [-0.15, -0.1) is 0 Å². The summed E-state index contributed by atoms with van der Waals surface area (Å²) in [6, 6.07) is 56.6. The molecule has 0 spiro atoms. The number of hydrogen-bond acceptors (Lipinski definition) is 4. The highest BCUT2D eigenvalue weighted by Gasteiger charge is 2.16. The van der Waals surface area contributed by atoms with Crippen molar-refractivity contribution in [2.75, 3.05) is 5.73 Å². The number of nitrogens with two attached hydrogens (primary N) is 1. The van der Waals surface area contributed by atoms with E-state index in [9.17, 15) is 0 Å². The minimum atomic E-state index is 0.635. The zero-order valence-electron chi connectivity index (χ0n) is 27.7. The maximum Gasteiger partial charge on any atom is 0.164 e. The summed E-state index contributed by atoms with van der Waals surface area (Å²) >= 11 is 0. The lowest BCUT2D eigenvalue weighted by molar-refractivity contribution is 1.07. The van der Waals surface area contributed by atoms with Crippen molar-refractivity contribution in [3.05, 3.63) is 175 Å². The second-order valence-corrected chi connectivity index (χ2v) is 12.2. The van der Waals surface area contributed by atoms with Crippen LogP contribution in [0.3, 0.4) is 0 Å². The molecule has 0 unspecified atom stereocenters. The number of aromatic nitrogens is 3. The molecule has 0 aliphatic rings. The molecule has 0 radical (unpaired) electrons. The topological polar surface area (TPSA) is 64.7 Å². The molecule has 7 aromatic carbocycles. The Hall–Kier alpha value is -6.65. The summed E-state index contributed by atoms with van der Waals surface area (Å²) < 4.78 is 0. The number of anilines is 1. The van der Waals surface area contributed by atoms with Crippen LogP contribution >= 0.6 is 0 Å². The molecule has 0 bridgehead atoms. The zero-order chi connectivity index (χ0) is 33.9. The smallest absolute Gasteiger partial charge is 0.164 e. The normalized spacial score (nSPS) is 11.3. The first-order valence-electron chi connectivity index (χ1n) is 16.8. The van der Waals surface area contributed by atoms with Gasteiger partial charge in [-0.3, -0.25) is 0 Å². The molecule has 0 aliphatic heterocycles. The van der Waals surface area contributed by atoms with Gasteiger partial charge in [-0.1, -0.05) is 176 Å². The fraction of sp³-hybridized carbons (Fsp3) is 0.0217. The largest absolute Gasteiger partial charge is 0.398 e. The molecule has 50 heavy (non-hydrogen) atoms. The maximum atomic E-state index is 6.58. The summed E-state index contributed by atoms with van der Waals surface area (Å²) in [5.41, 5.74) is 17.9. The number of allylic oxidation sites excluding steroid dienone is 1. The number of para-hydroxylation sites is 1. The number of rotatable bonds is 7. The average molecular weight is 643 g/mol. The van der Waals surface area contributed by atoms with E-state index in [2.05, 4.69) is 97.1 Å². The molecule has 1 heterocycles. The highest BCUT2D eigenvalue weighted by atomic mass is 15.0. The van der Waals surface area contributed by atoms with Crippen LogP contribution in [0.4, 0.5) is 5.69 Å². The minimum Gasteiger partial charge on any atom is -0.398 e.